The number of para-hydroxylation sites is 1. The predicted octanol–water partition coefficient (Wildman–Crippen LogP) is 3.89. The normalized spacial score (nSPS) is 19.5. The van der Waals surface area contributed by atoms with E-state index in [0.717, 1.165) is 11.1 Å². The highest BCUT2D eigenvalue weighted by Gasteiger charge is 2.52. The zero-order valence-electron chi connectivity index (χ0n) is 18.4. The maximum Gasteiger partial charge on any atom is 0.356 e. The Morgan fingerprint density at radius 1 is 0.941 bits per heavy atom. The van der Waals surface area contributed by atoms with Crippen LogP contribution in [0.25, 0.3) is 0 Å². The molecule has 2 heterocycles. The summed E-state index contributed by atoms with van der Waals surface area (Å²) in [7, 11) is 0. The molecule has 0 saturated carbocycles. The van der Waals surface area contributed by atoms with Crippen molar-refractivity contribution in [3.63, 3.8) is 0 Å². The molecule has 2 atom stereocenters. The number of nitrogens with two attached hydrogens (primary N) is 1. The summed E-state index contributed by atoms with van der Waals surface area (Å²) in [5.74, 6) is 0.376. The third-order valence-electron chi connectivity index (χ3n) is 5.87. The molecule has 7 heteroatoms. The van der Waals surface area contributed by atoms with Gasteiger partial charge in [0.2, 0.25) is 5.91 Å². The van der Waals surface area contributed by atoms with Crippen molar-refractivity contribution in [1.29, 1.82) is 0 Å². The molecule has 0 radical (unpaired) electrons. The van der Waals surface area contributed by atoms with Gasteiger partial charge in [-0.2, -0.15) is 0 Å². The highest BCUT2D eigenvalue weighted by atomic mass is 32.2. The van der Waals surface area contributed by atoms with Crippen LogP contribution < -0.4 is 10.5 Å². The van der Waals surface area contributed by atoms with E-state index in [0.29, 0.717) is 17.1 Å². The highest BCUT2D eigenvalue weighted by molar-refractivity contribution is 8.00. The molecule has 34 heavy (non-hydrogen) atoms. The van der Waals surface area contributed by atoms with E-state index in [9.17, 15) is 9.59 Å². The minimum Gasteiger partial charge on any atom is -0.489 e. The van der Waals surface area contributed by atoms with Gasteiger partial charge in [-0.05, 0) is 23.3 Å². The predicted molar refractivity (Wildman–Crippen MR) is 131 cm³/mol. The second-order valence-electron chi connectivity index (χ2n) is 8.10. The molecule has 1 fully saturated rings. The van der Waals surface area contributed by atoms with Gasteiger partial charge in [-0.3, -0.25) is 9.69 Å². The molecule has 0 aromatic heterocycles. The number of esters is 1. The Balaban J connectivity index is 1.47. The van der Waals surface area contributed by atoms with Crippen LogP contribution >= 0.6 is 11.8 Å². The smallest absolute Gasteiger partial charge is 0.356 e. The number of benzene rings is 3. The summed E-state index contributed by atoms with van der Waals surface area (Å²) in [6.45, 7) is 0.175. The summed E-state index contributed by atoms with van der Waals surface area (Å²) in [6, 6.07) is 27.9. The lowest BCUT2D eigenvalue weighted by Gasteiger charge is -2.48. The van der Waals surface area contributed by atoms with Gasteiger partial charge in [0.25, 0.3) is 0 Å². The molecule has 2 aliphatic heterocycles. The standard InChI is InChI=1S/C27H24N2O4S/c28-22-25(30)29-23(20(17-34-26(22)29)16-32-21-14-8-3-9-15-21)27(31)33-24(18-10-4-1-5-11-18)19-12-6-2-7-13-19/h1-15,22,24,26H,16-17,28H2/t22?,26-/m0/s1. The second kappa shape index (κ2) is 9.75. The van der Waals surface area contributed by atoms with E-state index in [-0.39, 0.29) is 23.6 Å². The van der Waals surface area contributed by atoms with Gasteiger partial charge in [-0.1, -0.05) is 78.9 Å². The lowest BCUT2D eigenvalue weighted by molar-refractivity contribution is -0.153. The lowest BCUT2D eigenvalue weighted by Crippen LogP contribution is -2.68. The molecule has 0 aliphatic carbocycles. The van der Waals surface area contributed by atoms with E-state index < -0.39 is 18.1 Å². The number of carbonyl (C=O) groups is 2. The fourth-order valence-corrected chi connectivity index (χ4v) is 5.39. The van der Waals surface area contributed by atoms with Gasteiger partial charge in [0.05, 0.1) is 0 Å². The quantitative estimate of drug-likeness (QED) is 0.415. The molecule has 1 unspecified atom stereocenters. The number of ether oxygens (including phenoxy) is 2. The Morgan fingerprint density at radius 3 is 2.09 bits per heavy atom. The number of hydrogen-bond donors (Lipinski definition) is 1. The van der Waals surface area contributed by atoms with Crippen molar-refractivity contribution in [2.24, 2.45) is 5.73 Å². The molecular formula is C27H24N2O4S. The lowest BCUT2D eigenvalue weighted by atomic mass is 10.0. The number of thioether (sulfide) groups is 1. The van der Waals surface area contributed by atoms with Crippen LogP contribution in [0.2, 0.25) is 0 Å². The van der Waals surface area contributed by atoms with E-state index >= 15 is 0 Å². The third-order valence-corrected chi connectivity index (χ3v) is 7.23. The molecule has 3 aromatic carbocycles. The van der Waals surface area contributed by atoms with Crippen LogP contribution in [0.4, 0.5) is 0 Å². The molecule has 3 aromatic rings. The summed E-state index contributed by atoms with van der Waals surface area (Å²) in [6.07, 6.45) is -0.614. The Morgan fingerprint density at radius 2 is 1.50 bits per heavy atom. The van der Waals surface area contributed by atoms with Gasteiger partial charge >= 0.3 is 5.97 Å². The van der Waals surface area contributed by atoms with E-state index in [1.807, 2.05) is 91.0 Å². The van der Waals surface area contributed by atoms with Crippen LogP contribution in [-0.4, -0.2) is 40.6 Å². The van der Waals surface area contributed by atoms with Gasteiger partial charge in [0.15, 0.2) is 6.10 Å². The molecule has 1 amide bonds. The topological polar surface area (TPSA) is 81.9 Å². The molecule has 6 nitrogen and oxygen atoms in total. The average Bonchev–Trinajstić information content (AvgIpc) is 2.91. The molecule has 2 aliphatic rings. The van der Waals surface area contributed by atoms with Crippen molar-refractivity contribution in [2.75, 3.05) is 12.4 Å². The number of amides is 1. The van der Waals surface area contributed by atoms with Gasteiger partial charge in [-0.15, -0.1) is 11.8 Å². The summed E-state index contributed by atoms with van der Waals surface area (Å²) in [5.41, 5.74) is 8.65. The van der Waals surface area contributed by atoms with Crippen molar-refractivity contribution < 1.29 is 19.1 Å². The van der Waals surface area contributed by atoms with E-state index in [4.69, 9.17) is 15.2 Å². The van der Waals surface area contributed by atoms with Gasteiger partial charge < -0.3 is 15.2 Å². The summed E-state index contributed by atoms with van der Waals surface area (Å²) in [4.78, 5) is 27.8. The minimum atomic E-state index is -0.622. The fourth-order valence-electron chi connectivity index (χ4n) is 4.11. The monoisotopic (exact) mass is 472 g/mol. The maximum atomic E-state index is 13.6. The second-order valence-corrected chi connectivity index (χ2v) is 9.20. The first-order valence-electron chi connectivity index (χ1n) is 11.0. The number of β-lactam (4-membered cyclic amide) rings is 1. The largest absolute Gasteiger partial charge is 0.489 e. The van der Waals surface area contributed by atoms with E-state index in [2.05, 4.69) is 0 Å². The van der Waals surface area contributed by atoms with Crippen LogP contribution in [0.15, 0.2) is 102 Å². The molecule has 1 saturated heterocycles. The Bertz CT molecular complexity index is 1160. The van der Waals surface area contributed by atoms with Gasteiger partial charge in [0.1, 0.15) is 29.5 Å². The van der Waals surface area contributed by atoms with Crippen LogP contribution in [0.1, 0.15) is 17.2 Å². The van der Waals surface area contributed by atoms with Crippen LogP contribution in [-0.2, 0) is 14.3 Å². The first kappa shape index (κ1) is 22.3. The van der Waals surface area contributed by atoms with Crippen LogP contribution in [0.5, 0.6) is 5.75 Å². The fraction of sp³-hybridized carbons (Fsp3) is 0.185. The zero-order chi connectivity index (χ0) is 23.5. The van der Waals surface area contributed by atoms with E-state index in [1.54, 1.807) is 0 Å². The maximum absolute atomic E-state index is 13.6. The number of carbonyl (C=O) groups excluding carboxylic acids is 2. The van der Waals surface area contributed by atoms with Crippen molar-refractivity contribution in [3.8, 4) is 5.75 Å². The molecular weight excluding hydrogens is 448 g/mol. The zero-order valence-corrected chi connectivity index (χ0v) is 19.2. The van der Waals surface area contributed by atoms with E-state index in [1.165, 1.54) is 16.7 Å². The Labute approximate surface area is 202 Å². The van der Waals surface area contributed by atoms with Gasteiger partial charge in [-0.25, -0.2) is 4.79 Å². The number of fused-ring (bicyclic) bond motifs is 1. The van der Waals surface area contributed by atoms with Crippen molar-refractivity contribution in [2.45, 2.75) is 17.5 Å². The van der Waals surface area contributed by atoms with Crippen LogP contribution in [0, 0.1) is 0 Å². The summed E-state index contributed by atoms with van der Waals surface area (Å²) < 4.78 is 12.0. The number of nitrogens with zero attached hydrogens (tertiary/aromatic N) is 1. The van der Waals surface area contributed by atoms with Crippen molar-refractivity contribution >= 4 is 23.6 Å². The molecule has 0 bridgehead atoms. The molecule has 172 valence electrons. The Kier molecular flexibility index (Phi) is 6.38. The summed E-state index contributed by atoms with van der Waals surface area (Å²) in [5, 5.41) is -0.276. The molecule has 0 spiro atoms. The van der Waals surface area contributed by atoms with Crippen molar-refractivity contribution in [3.05, 3.63) is 113 Å². The SMILES string of the molecule is NC1C(=O)N2C(C(=O)OC(c3ccccc3)c3ccccc3)=C(COc3ccccc3)CS[C@@H]12. The summed E-state index contributed by atoms with van der Waals surface area (Å²) >= 11 is 1.54. The molecule has 2 N–H and O–H groups in total. The molecule has 5 rings (SSSR count). The van der Waals surface area contributed by atoms with Crippen molar-refractivity contribution in [1.82, 2.24) is 4.90 Å². The van der Waals surface area contributed by atoms with Gasteiger partial charge in [0, 0.05) is 11.3 Å². The average molecular weight is 473 g/mol. The minimum absolute atomic E-state index is 0.175. The highest BCUT2D eigenvalue weighted by Crippen LogP contribution is 2.41. The Hall–Kier alpha value is -3.55. The van der Waals surface area contributed by atoms with Crippen LogP contribution in [0.3, 0.4) is 0 Å². The first-order valence-corrected chi connectivity index (χ1v) is 12.1. The number of rotatable bonds is 7. The number of hydrogen-bond acceptors (Lipinski definition) is 6. The third kappa shape index (κ3) is 4.32. The first-order chi connectivity index (χ1) is 16.6.